The minimum atomic E-state index is -3.69. The molecule has 1 aliphatic heterocycles. The highest BCUT2D eigenvalue weighted by atomic mass is 32.2. The Bertz CT molecular complexity index is 937. The van der Waals surface area contributed by atoms with Crippen molar-refractivity contribution in [2.24, 2.45) is 0 Å². The van der Waals surface area contributed by atoms with Crippen molar-refractivity contribution in [1.82, 2.24) is 9.80 Å². The average Bonchev–Trinajstić information content (AvgIpc) is 2.74. The van der Waals surface area contributed by atoms with Gasteiger partial charge in [-0.1, -0.05) is 25.1 Å². The van der Waals surface area contributed by atoms with E-state index < -0.39 is 10.0 Å². The van der Waals surface area contributed by atoms with Crippen molar-refractivity contribution in [2.75, 3.05) is 44.1 Å². The van der Waals surface area contributed by atoms with Gasteiger partial charge in [0.05, 0.1) is 10.6 Å². The van der Waals surface area contributed by atoms with Crippen LogP contribution in [-0.2, 0) is 14.8 Å². The monoisotopic (exact) mass is 417 g/mol. The number of hydrogen-bond donors (Lipinski definition) is 1. The molecule has 1 N–H and O–H groups in total. The number of benzene rings is 2. The predicted molar refractivity (Wildman–Crippen MR) is 113 cm³/mol. The van der Waals surface area contributed by atoms with E-state index in [-0.39, 0.29) is 17.4 Å². The van der Waals surface area contributed by atoms with Crippen LogP contribution in [-0.4, -0.2) is 63.5 Å². The Balaban J connectivity index is 1.56. The van der Waals surface area contributed by atoms with Gasteiger partial charge in [-0.05, 0) is 49.4 Å². The fourth-order valence-electron chi connectivity index (χ4n) is 3.16. The van der Waals surface area contributed by atoms with Gasteiger partial charge >= 0.3 is 0 Å². The molecule has 1 amide bonds. The molecule has 3 rings (SSSR count). The van der Waals surface area contributed by atoms with E-state index in [4.69, 9.17) is 4.74 Å². The van der Waals surface area contributed by atoms with E-state index in [1.807, 2.05) is 19.1 Å². The molecular weight excluding hydrogens is 390 g/mol. The van der Waals surface area contributed by atoms with Crippen molar-refractivity contribution in [3.05, 3.63) is 54.1 Å². The first kappa shape index (κ1) is 21.1. The second-order valence-corrected chi connectivity index (χ2v) is 8.68. The molecule has 156 valence electrons. The number of nitrogens with one attached hydrogen (secondary N) is 1. The minimum absolute atomic E-state index is 0.0559. The van der Waals surface area contributed by atoms with E-state index in [9.17, 15) is 13.2 Å². The molecule has 2 aromatic carbocycles. The lowest BCUT2D eigenvalue weighted by atomic mass is 10.2. The summed E-state index contributed by atoms with van der Waals surface area (Å²) >= 11 is 0. The smallest absolute Gasteiger partial charge is 0.261 e. The van der Waals surface area contributed by atoms with Gasteiger partial charge in [-0.2, -0.15) is 0 Å². The zero-order chi connectivity index (χ0) is 20.9. The third kappa shape index (κ3) is 5.48. The Hall–Kier alpha value is -2.58. The number of anilines is 1. The van der Waals surface area contributed by atoms with Gasteiger partial charge < -0.3 is 14.5 Å². The Labute approximate surface area is 172 Å². The second-order valence-electron chi connectivity index (χ2n) is 7.00. The van der Waals surface area contributed by atoms with Crippen LogP contribution in [0.1, 0.15) is 12.5 Å². The van der Waals surface area contributed by atoms with E-state index in [1.54, 1.807) is 29.2 Å². The molecule has 0 radical (unpaired) electrons. The predicted octanol–water partition coefficient (Wildman–Crippen LogP) is 2.34. The molecule has 1 fully saturated rings. The molecule has 0 aromatic heterocycles. The first-order chi connectivity index (χ1) is 13.9. The zero-order valence-electron chi connectivity index (χ0n) is 16.8. The molecule has 0 atom stereocenters. The van der Waals surface area contributed by atoms with Crippen molar-refractivity contribution >= 4 is 21.6 Å². The summed E-state index contributed by atoms with van der Waals surface area (Å²) in [5.41, 5.74) is 1.39. The quantitative estimate of drug-likeness (QED) is 0.748. The Morgan fingerprint density at radius 1 is 1.03 bits per heavy atom. The van der Waals surface area contributed by atoms with Gasteiger partial charge in [-0.15, -0.1) is 0 Å². The lowest BCUT2D eigenvalue weighted by Gasteiger charge is -2.33. The molecule has 0 saturated carbocycles. The number of carbonyl (C=O) groups excluding carboxylic acids is 1. The van der Waals surface area contributed by atoms with Gasteiger partial charge in [-0.25, -0.2) is 8.42 Å². The van der Waals surface area contributed by atoms with Crippen molar-refractivity contribution < 1.29 is 17.9 Å². The molecule has 0 spiro atoms. The van der Waals surface area contributed by atoms with Crippen LogP contribution in [0.3, 0.4) is 0 Å². The van der Waals surface area contributed by atoms with E-state index in [0.717, 1.165) is 25.2 Å². The van der Waals surface area contributed by atoms with Gasteiger partial charge in [0, 0.05) is 26.2 Å². The van der Waals surface area contributed by atoms with E-state index >= 15 is 0 Å². The number of ether oxygens (including phenoxy) is 1. The van der Waals surface area contributed by atoms with E-state index in [0.29, 0.717) is 24.5 Å². The molecule has 0 aliphatic carbocycles. The van der Waals surface area contributed by atoms with Crippen LogP contribution in [0.2, 0.25) is 0 Å². The van der Waals surface area contributed by atoms with Crippen LogP contribution in [0, 0.1) is 6.92 Å². The summed E-state index contributed by atoms with van der Waals surface area (Å²) in [6.07, 6.45) is 0. The topological polar surface area (TPSA) is 79.0 Å². The Morgan fingerprint density at radius 2 is 1.69 bits per heavy atom. The molecule has 0 unspecified atom stereocenters. The number of piperazine rings is 1. The largest absolute Gasteiger partial charge is 0.484 e. The van der Waals surface area contributed by atoms with Gasteiger partial charge in [0.1, 0.15) is 5.75 Å². The van der Waals surface area contributed by atoms with Crippen molar-refractivity contribution in [1.29, 1.82) is 0 Å². The maximum absolute atomic E-state index is 12.6. The minimum Gasteiger partial charge on any atom is -0.484 e. The lowest BCUT2D eigenvalue weighted by Crippen LogP contribution is -2.49. The summed E-state index contributed by atoms with van der Waals surface area (Å²) in [7, 11) is -3.69. The van der Waals surface area contributed by atoms with Crippen LogP contribution in [0.4, 0.5) is 5.69 Å². The third-order valence-corrected chi connectivity index (χ3v) is 6.44. The summed E-state index contributed by atoms with van der Waals surface area (Å²) < 4.78 is 33.3. The number of rotatable bonds is 7. The summed E-state index contributed by atoms with van der Waals surface area (Å²) in [6.45, 7) is 8.06. The van der Waals surface area contributed by atoms with Crippen molar-refractivity contribution in [3.8, 4) is 5.75 Å². The Morgan fingerprint density at radius 3 is 2.31 bits per heavy atom. The summed E-state index contributed by atoms with van der Waals surface area (Å²) in [5, 5.41) is 0. The molecule has 1 aliphatic rings. The standard InChI is InChI=1S/C21H27N3O4S/c1-3-23-12-14-24(15-13-23)21(25)16-28-18-8-10-19(11-9-18)29(26,27)22-20-7-5-4-6-17(20)2/h4-11,22H,3,12-16H2,1-2H3. The maximum Gasteiger partial charge on any atom is 0.261 e. The summed E-state index contributed by atoms with van der Waals surface area (Å²) in [6, 6.07) is 13.3. The van der Waals surface area contributed by atoms with Crippen LogP contribution >= 0.6 is 0 Å². The van der Waals surface area contributed by atoms with Crippen molar-refractivity contribution in [2.45, 2.75) is 18.7 Å². The van der Waals surface area contributed by atoms with E-state index in [2.05, 4.69) is 16.5 Å². The van der Waals surface area contributed by atoms with Crippen LogP contribution in [0.5, 0.6) is 5.75 Å². The summed E-state index contributed by atoms with van der Waals surface area (Å²) in [5.74, 6) is 0.402. The maximum atomic E-state index is 12.6. The Kier molecular flexibility index (Phi) is 6.76. The van der Waals surface area contributed by atoms with Gasteiger partial charge in [0.25, 0.3) is 15.9 Å². The fraction of sp³-hybridized carbons (Fsp3) is 0.381. The number of para-hydroxylation sites is 1. The number of sulfonamides is 1. The highest BCUT2D eigenvalue weighted by Gasteiger charge is 2.20. The summed E-state index contributed by atoms with van der Waals surface area (Å²) in [4.78, 5) is 16.5. The molecule has 29 heavy (non-hydrogen) atoms. The van der Waals surface area contributed by atoms with Gasteiger partial charge in [0.2, 0.25) is 0 Å². The third-order valence-electron chi connectivity index (χ3n) is 5.06. The van der Waals surface area contributed by atoms with Gasteiger partial charge in [-0.3, -0.25) is 9.52 Å². The molecular formula is C21H27N3O4S. The van der Waals surface area contributed by atoms with Crippen LogP contribution < -0.4 is 9.46 Å². The first-order valence-corrected chi connectivity index (χ1v) is 11.2. The van der Waals surface area contributed by atoms with E-state index in [1.165, 1.54) is 12.1 Å². The molecule has 1 saturated heterocycles. The SMILES string of the molecule is CCN1CCN(C(=O)COc2ccc(S(=O)(=O)Nc3ccccc3C)cc2)CC1. The number of amides is 1. The highest BCUT2D eigenvalue weighted by molar-refractivity contribution is 7.92. The average molecular weight is 418 g/mol. The first-order valence-electron chi connectivity index (χ1n) is 9.70. The van der Waals surface area contributed by atoms with Crippen LogP contribution in [0.25, 0.3) is 0 Å². The fourth-order valence-corrected chi connectivity index (χ4v) is 4.29. The van der Waals surface area contributed by atoms with Gasteiger partial charge in [0.15, 0.2) is 6.61 Å². The van der Waals surface area contributed by atoms with Crippen LogP contribution in [0.15, 0.2) is 53.4 Å². The zero-order valence-corrected chi connectivity index (χ0v) is 17.6. The number of hydrogen-bond acceptors (Lipinski definition) is 5. The van der Waals surface area contributed by atoms with Crippen molar-refractivity contribution in [3.63, 3.8) is 0 Å². The molecule has 2 aromatic rings. The highest BCUT2D eigenvalue weighted by Crippen LogP contribution is 2.21. The normalized spacial score (nSPS) is 15.2. The number of carbonyl (C=O) groups is 1. The number of nitrogens with zero attached hydrogens (tertiary/aromatic N) is 2. The number of likely N-dealkylation sites (N-methyl/N-ethyl adjacent to an activating group) is 1. The number of aryl methyl sites for hydroxylation is 1. The molecule has 8 heteroatoms. The molecule has 0 bridgehead atoms. The second kappa shape index (κ2) is 9.28. The molecule has 1 heterocycles. The molecule has 7 nitrogen and oxygen atoms in total. The lowest BCUT2D eigenvalue weighted by molar-refractivity contribution is -0.135.